The lowest BCUT2D eigenvalue weighted by molar-refractivity contribution is -0.140. The molecule has 1 atom stereocenters. The zero-order valence-corrected chi connectivity index (χ0v) is 17.7. The van der Waals surface area contributed by atoms with Crippen LogP contribution in [0.25, 0.3) is 5.76 Å². The number of aliphatic hydroxyl groups is 1. The molecule has 30 heavy (non-hydrogen) atoms. The second-order valence-electron chi connectivity index (χ2n) is 7.08. The van der Waals surface area contributed by atoms with Gasteiger partial charge in [-0.25, -0.2) is 4.39 Å². The van der Waals surface area contributed by atoms with Crippen LogP contribution in [0.1, 0.15) is 31.0 Å². The van der Waals surface area contributed by atoms with Crippen molar-refractivity contribution in [2.24, 2.45) is 0 Å². The molecule has 7 heteroatoms. The Bertz CT molecular complexity index is 953. The number of carbonyl (C=O) groups excluding carboxylic acids is 2. The van der Waals surface area contributed by atoms with Gasteiger partial charge in [0.05, 0.1) is 11.6 Å². The maximum absolute atomic E-state index is 13.5. The van der Waals surface area contributed by atoms with Crippen LogP contribution >= 0.6 is 11.6 Å². The summed E-state index contributed by atoms with van der Waals surface area (Å²) >= 11 is 5.92. The summed E-state index contributed by atoms with van der Waals surface area (Å²) in [5, 5.41) is 11.4. The van der Waals surface area contributed by atoms with Crippen LogP contribution in [0.4, 0.5) is 4.39 Å². The van der Waals surface area contributed by atoms with Crippen molar-refractivity contribution in [3.63, 3.8) is 0 Å². The molecule has 1 fully saturated rings. The van der Waals surface area contributed by atoms with Gasteiger partial charge in [0.2, 0.25) is 0 Å². The molecule has 1 heterocycles. The maximum atomic E-state index is 13.5. The van der Waals surface area contributed by atoms with Crippen LogP contribution in [0.2, 0.25) is 5.02 Å². The summed E-state index contributed by atoms with van der Waals surface area (Å²) in [6, 6.07) is 11.2. The molecule has 0 bridgehead atoms. The van der Waals surface area contributed by atoms with E-state index in [2.05, 4.69) is 4.90 Å². The topological polar surface area (TPSA) is 60.9 Å². The molecule has 0 aliphatic carbocycles. The van der Waals surface area contributed by atoms with Crippen LogP contribution in [0.15, 0.2) is 54.1 Å². The maximum Gasteiger partial charge on any atom is 0.295 e. The number of amides is 1. The second-order valence-corrected chi connectivity index (χ2v) is 7.51. The Morgan fingerprint density at radius 2 is 1.67 bits per heavy atom. The fourth-order valence-corrected chi connectivity index (χ4v) is 3.78. The number of ketones is 1. The Morgan fingerprint density at radius 3 is 2.23 bits per heavy atom. The number of hydrogen-bond acceptors (Lipinski definition) is 4. The Hall–Kier alpha value is -2.70. The van der Waals surface area contributed by atoms with Gasteiger partial charge in [0.15, 0.2) is 0 Å². The van der Waals surface area contributed by atoms with Crippen LogP contribution < -0.4 is 0 Å². The van der Waals surface area contributed by atoms with Gasteiger partial charge in [-0.05, 0) is 55.1 Å². The van der Waals surface area contributed by atoms with Crippen LogP contribution in [0.5, 0.6) is 0 Å². The van der Waals surface area contributed by atoms with E-state index in [-0.39, 0.29) is 11.3 Å². The summed E-state index contributed by atoms with van der Waals surface area (Å²) in [5.74, 6) is -2.12. The van der Waals surface area contributed by atoms with E-state index in [0.717, 1.165) is 13.1 Å². The Kier molecular flexibility index (Phi) is 6.90. The number of Topliss-reactive ketones (excluding diaryl/α,β-unsaturated/α-hetero) is 1. The van der Waals surface area contributed by atoms with Gasteiger partial charge < -0.3 is 14.9 Å². The number of benzene rings is 2. The summed E-state index contributed by atoms with van der Waals surface area (Å²) in [4.78, 5) is 29.4. The summed E-state index contributed by atoms with van der Waals surface area (Å²) in [5.41, 5.74) is 0.937. The average Bonchev–Trinajstić information content (AvgIpc) is 3.00. The third kappa shape index (κ3) is 4.40. The molecule has 0 spiro atoms. The van der Waals surface area contributed by atoms with E-state index in [1.165, 1.54) is 29.2 Å². The summed E-state index contributed by atoms with van der Waals surface area (Å²) in [6.45, 7) is 6.56. The highest BCUT2D eigenvalue weighted by Crippen LogP contribution is 2.39. The van der Waals surface area contributed by atoms with Gasteiger partial charge in [-0.1, -0.05) is 37.6 Å². The average molecular weight is 431 g/mol. The summed E-state index contributed by atoms with van der Waals surface area (Å²) in [6.07, 6.45) is 0. The third-order valence-corrected chi connectivity index (χ3v) is 5.65. The first kappa shape index (κ1) is 22.0. The fraction of sp³-hybridized carbons (Fsp3) is 0.304. The molecule has 2 aromatic carbocycles. The molecule has 0 aromatic heterocycles. The molecule has 2 aromatic rings. The molecule has 1 unspecified atom stereocenters. The Labute approximate surface area is 180 Å². The zero-order chi connectivity index (χ0) is 21.8. The Morgan fingerprint density at radius 1 is 1.07 bits per heavy atom. The van der Waals surface area contributed by atoms with Crippen LogP contribution in [-0.4, -0.2) is 52.8 Å². The molecular formula is C23H24ClFN2O3. The minimum Gasteiger partial charge on any atom is -0.507 e. The highest BCUT2D eigenvalue weighted by atomic mass is 35.5. The predicted molar refractivity (Wildman–Crippen MR) is 115 cm³/mol. The zero-order valence-electron chi connectivity index (χ0n) is 16.9. The number of rotatable bonds is 7. The minimum absolute atomic E-state index is 0.00604. The SMILES string of the molecule is CCN(CC)CCN1C(=O)C(=O)/C(=C(\O)c2ccc(Cl)cc2)C1c1ccc(F)cc1. The van der Waals surface area contributed by atoms with Crippen molar-refractivity contribution in [2.75, 3.05) is 26.2 Å². The second kappa shape index (κ2) is 9.41. The molecule has 1 saturated heterocycles. The van der Waals surface area contributed by atoms with Gasteiger partial charge in [-0.2, -0.15) is 0 Å². The van der Waals surface area contributed by atoms with Crippen LogP contribution in [0, 0.1) is 5.82 Å². The minimum atomic E-state index is -0.795. The van der Waals surface area contributed by atoms with Gasteiger partial charge in [-0.15, -0.1) is 0 Å². The number of likely N-dealkylation sites (tertiary alicyclic amines) is 1. The number of nitrogens with zero attached hydrogens (tertiary/aromatic N) is 2. The molecular weight excluding hydrogens is 407 g/mol. The molecule has 0 saturated carbocycles. The van der Waals surface area contributed by atoms with Crippen molar-refractivity contribution < 1.29 is 19.1 Å². The monoisotopic (exact) mass is 430 g/mol. The number of likely N-dealkylation sites (N-methyl/N-ethyl adjacent to an activating group) is 1. The van der Waals surface area contributed by atoms with E-state index < -0.39 is 23.5 Å². The first-order valence-corrected chi connectivity index (χ1v) is 10.3. The van der Waals surface area contributed by atoms with E-state index in [1.807, 2.05) is 13.8 Å². The number of halogens is 2. The number of aliphatic hydroxyl groups excluding tert-OH is 1. The highest BCUT2D eigenvalue weighted by molar-refractivity contribution is 6.46. The van der Waals surface area contributed by atoms with Gasteiger partial charge in [0.25, 0.3) is 11.7 Å². The molecule has 0 radical (unpaired) electrons. The summed E-state index contributed by atoms with van der Waals surface area (Å²) in [7, 11) is 0. The lowest BCUT2D eigenvalue weighted by atomic mass is 9.95. The lowest BCUT2D eigenvalue weighted by Gasteiger charge is -2.28. The van der Waals surface area contributed by atoms with Gasteiger partial charge in [0.1, 0.15) is 11.6 Å². The fourth-order valence-electron chi connectivity index (χ4n) is 3.65. The third-order valence-electron chi connectivity index (χ3n) is 5.39. The van der Waals surface area contributed by atoms with E-state index in [0.29, 0.717) is 29.2 Å². The molecule has 5 nitrogen and oxygen atoms in total. The largest absolute Gasteiger partial charge is 0.507 e. The van der Waals surface area contributed by atoms with Crippen LogP contribution in [-0.2, 0) is 9.59 Å². The first-order valence-electron chi connectivity index (χ1n) is 9.89. The van der Waals surface area contributed by atoms with E-state index in [1.54, 1.807) is 24.3 Å². The van der Waals surface area contributed by atoms with Crippen molar-refractivity contribution in [2.45, 2.75) is 19.9 Å². The Balaban J connectivity index is 2.08. The molecule has 1 N–H and O–H groups in total. The predicted octanol–water partition coefficient (Wildman–Crippen LogP) is 4.24. The number of carbonyl (C=O) groups is 2. The first-order chi connectivity index (χ1) is 14.4. The van der Waals surface area contributed by atoms with Crippen molar-refractivity contribution in [3.8, 4) is 0 Å². The smallest absolute Gasteiger partial charge is 0.295 e. The van der Waals surface area contributed by atoms with Crippen molar-refractivity contribution in [3.05, 3.63) is 76.1 Å². The molecule has 1 aliphatic heterocycles. The van der Waals surface area contributed by atoms with E-state index >= 15 is 0 Å². The molecule has 3 rings (SSSR count). The van der Waals surface area contributed by atoms with Crippen LogP contribution in [0.3, 0.4) is 0 Å². The molecule has 1 amide bonds. The van der Waals surface area contributed by atoms with E-state index in [9.17, 15) is 19.1 Å². The number of hydrogen-bond donors (Lipinski definition) is 1. The summed E-state index contributed by atoms with van der Waals surface area (Å²) < 4.78 is 13.5. The molecule has 1 aliphatic rings. The van der Waals surface area contributed by atoms with Gasteiger partial charge in [0, 0.05) is 23.7 Å². The van der Waals surface area contributed by atoms with Gasteiger partial charge in [-0.3, -0.25) is 9.59 Å². The van der Waals surface area contributed by atoms with Crippen molar-refractivity contribution in [1.82, 2.24) is 9.80 Å². The van der Waals surface area contributed by atoms with Crippen molar-refractivity contribution in [1.29, 1.82) is 0 Å². The van der Waals surface area contributed by atoms with E-state index in [4.69, 9.17) is 11.6 Å². The standard InChI is InChI=1S/C23H24ClFN2O3/c1-3-26(4-2)13-14-27-20(15-7-11-18(25)12-8-15)19(22(29)23(27)30)21(28)16-5-9-17(24)10-6-16/h5-12,20,28H,3-4,13-14H2,1-2H3/b21-19-. The van der Waals surface area contributed by atoms with Crippen molar-refractivity contribution >= 4 is 29.1 Å². The quantitative estimate of drug-likeness (QED) is 0.405. The lowest BCUT2D eigenvalue weighted by Crippen LogP contribution is -2.38. The van der Waals surface area contributed by atoms with Gasteiger partial charge >= 0.3 is 0 Å². The molecule has 158 valence electrons. The highest BCUT2D eigenvalue weighted by Gasteiger charge is 2.45. The normalized spacial score (nSPS) is 18.4.